The van der Waals surface area contributed by atoms with Crippen LogP contribution < -0.4 is 15.7 Å². The third-order valence-electron chi connectivity index (χ3n) is 5.99. The van der Waals surface area contributed by atoms with Gasteiger partial charge in [-0.1, -0.05) is 41.9 Å². The first-order chi connectivity index (χ1) is 16.0. The molecule has 0 radical (unpaired) electrons. The Kier molecular flexibility index (Phi) is 7.03. The fourth-order valence-corrected chi connectivity index (χ4v) is 4.40. The number of urea groups is 1. The molecule has 2 amide bonds. The normalized spacial score (nSPS) is 14.3. The standard InChI is InChI=1S/C24H28ClN5O3/c1-3-29-22(27-30(24(29)32)16-17-7-5-4-6-8-17)18-11-13-28(14-12-18)23(31)26-20-15-19(25)9-10-21(20)33-2/h4-10,15,18H,3,11-14,16H2,1-2H3,(H,26,31). The monoisotopic (exact) mass is 469 g/mol. The van der Waals surface area contributed by atoms with Gasteiger partial charge in [-0.05, 0) is 43.5 Å². The van der Waals surface area contributed by atoms with Crippen molar-refractivity contribution in [3.05, 3.63) is 75.4 Å². The zero-order valence-electron chi connectivity index (χ0n) is 18.8. The minimum Gasteiger partial charge on any atom is -0.495 e. The summed E-state index contributed by atoms with van der Waals surface area (Å²) in [5, 5.41) is 8.10. The summed E-state index contributed by atoms with van der Waals surface area (Å²) < 4.78 is 8.60. The Morgan fingerprint density at radius 2 is 1.91 bits per heavy atom. The van der Waals surface area contributed by atoms with E-state index in [-0.39, 0.29) is 17.6 Å². The number of nitrogens with zero attached hydrogens (tertiary/aromatic N) is 4. The van der Waals surface area contributed by atoms with Gasteiger partial charge in [0.25, 0.3) is 0 Å². The van der Waals surface area contributed by atoms with E-state index in [0.29, 0.717) is 42.6 Å². The molecule has 1 aliphatic rings. The zero-order valence-corrected chi connectivity index (χ0v) is 19.6. The van der Waals surface area contributed by atoms with Gasteiger partial charge in [-0.25, -0.2) is 14.3 Å². The van der Waals surface area contributed by atoms with Crippen LogP contribution in [0.2, 0.25) is 5.02 Å². The van der Waals surface area contributed by atoms with Crippen LogP contribution in [0.25, 0.3) is 0 Å². The Balaban J connectivity index is 1.43. The van der Waals surface area contributed by atoms with Gasteiger partial charge in [-0.2, -0.15) is 5.10 Å². The molecule has 2 aromatic carbocycles. The smallest absolute Gasteiger partial charge is 0.346 e. The molecule has 1 N–H and O–H groups in total. The van der Waals surface area contributed by atoms with E-state index in [1.165, 1.54) is 0 Å². The molecule has 1 saturated heterocycles. The van der Waals surface area contributed by atoms with Gasteiger partial charge in [0.1, 0.15) is 11.6 Å². The SMILES string of the molecule is CCn1c(C2CCN(C(=O)Nc3cc(Cl)ccc3OC)CC2)nn(Cc2ccccc2)c1=O. The molecule has 9 heteroatoms. The van der Waals surface area contributed by atoms with Crippen molar-refractivity contribution in [2.24, 2.45) is 0 Å². The summed E-state index contributed by atoms with van der Waals surface area (Å²) in [6.45, 7) is 4.12. The van der Waals surface area contributed by atoms with Crippen molar-refractivity contribution in [3.8, 4) is 5.75 Å². The van der Waals surface area contributed by atoms with Gasteiger partial charge in [-0.3, -0.25) is 4.57 Å². The highest BCUT2D eigenvalue weighted by atomic mass is 35.5. The summed E-state index contributed by atoms with van der Waals surface area (Å²) in [5.74, 6) is 1.48. The van der Waals surface area contributed by atoms with Crippen molar-refractivity contribution in [1.29, 1.82) is 0 Å². The van der Waals surface area contributed by atoms with Crippen LogP contribution in [-0.2, 0) is 13.1 Å². The molecule has 0 spiro atoms. The van der Waals surface area contributed by atoms with Crippen LogP contribution in [0.3, 0.4) is 0 Å². The van der Waals surface area contributed by atoms with E-state index >= 15 is 0 Å². The molecule has 3 aromatic rings. The average Bonchev–Trinajstić information content (AvgIpc) is 3.15. The summed E-state index contributed by atoms with van der Waals surface area (Å²) in [6, 6.07) is 14.8. The number of benzene rings is 2. The molecule has 0 atom stereocenters. The molecule has 33 heavy (non-hydrogen) atoms. The predicted molar refractivity (Wildman–Crippen MR) is 128 cm³/mol. The largest absolute Gasteiger partial charge is 0.495 e. The minimum absolute atomic E-state index is 0.0930. The van der Waals surface area contributed by atoms with Crippen LogP contribution >= 0.6 is 11.6 Å². The molecule has 174 valence electrons. The van der Waals surface area contributed by atoms with Crippen molar-refractivity contribution in [1.82, 2.24) is 19.2 Å². The van der Waals surface area contributed by atoms with Crippen LogP contribution in [0.1, 0.15) is 37.1 Å². The van der Waals surface area contributed by atoms with E-state index < -0.39 is 0 Å². The molecule has 0 bridgehead atoms. The summed E-state index contributed by atoms with van der Waals surface area (Å²) in [7, 11) is 1.55. The first-order valence-electron chi connectivity index (χ1n) is 11.1. The summed E-state index contributed by atoms with van der Waals surface area (Å²) in [6.07, 6.45) is 1.48. The maximum atomic E-state index is 12.9. The fraction of sp³-hybridized carbons (Fsp3) is 0.375. The average molecular weight is 470 g/mol. The van der Waals surface area contributed by atoms with E-state index in [0.717, 1.165) is 24.2 Å². The van der Waals surface area contributed by atoms with E-state index in [1.807, 2.05) is 37.3 Å². The zero-order chi connectivity index (χ0) is 23.4. The van der Waals surface area contributed by atoms with E-state index in [1.54, 1.807) is 39.5 Å². The van der Waals surface area contributed by atoms with Gasteiger partial charge in [0.2, 0.25) is 0 Å². The lowest BCUT2D eigenvalue weighted by Crippen LogP contribution is -2.41. The number of carbonyl (C=O) groups excluding carboxylic acids is 1. The first-order valence-corrected chi connectivity index (χ1v) is 11.5. The summed E-state index contributed by atoms with van der Waals surface area (Å²) in [5.41, 5.74) is 1.48. The van der Waals surface area contributed by atoms with Gasteiger partial charge in [-0.15, -0.1) is 0 Å². The van der Waals surface area contributed by atoms with Crippen molar-refractivity contribution in [2.45, 2.75) is 38.8 Å². The molecule has 4 rings (SSSR count). The Labute approximate surface area is 197 Å². The second-order valence-electron chi connectivity index (χ2n) is 8.06. The van der Waals surface area contributed by atoms with Gasteiger partial charge in [0, 0.05) is 30.6 Å². The van der Waals surface area contributed by atoms with Gasteiger partial charge in [0.15, 0.2) is 0 Å². The van der Waals surface area contributed by atoms with Crippen molar-refractivity contribution in [2.75, 3.05) is 25.5 Å². The van der Waals surface area contributed by atoms with Gasteiger partial charge >= 0.3 is 11.7 Å². The number of halogens is 1. The second kappa shape index (κ2) is 10.1. The number of rotatable bonds is 6. The number of likely N-dealkylation sites (tertiary alicyclic amines) is 1. The molecule has 0 unspecified atom stereocenters. The van der Waals surface area contributed by atoms with Crippen molar-refractivity contribution >= 4 is 23.3 Å². The lowest BCUT2D eigenvalue weighted by Gasteiger charge is -2.31. The Bertz CT molecular complexity index is 1170. The quantitative estimate of drug-likeness (QED) is 0.587. The van der Waals surface area contributed by atoms with Crippen molar-refractivity contribution < 1.29 is 9.53 Å². The van der Waals surface area contributed by atoms with Crippen LogP contribution in [0.15, 0.2) is 53.3 Å². The lowest BCUT2D eigenvalue weighted by molar-refractivity contribution is 0.192. The number of carbonyl (C=O) groups is 1. The number of anilines is 1. The highest BCUT2D eigenvalue weighted by Gasteiger charge is 2.28. The summed E-state index contributed by atoms with van der Waals surface area (Å²) >= 11 is 6.07. The van der Waals surface area contributed by atoms with Crippen LogP contribution in [0.4, 0.5) is 10.5 Å². The van der Waals surface area contributed by atoms with E-state index in [9.17, 15) is 9.59 Å². The molecule has 1 fully saturated rings. The minimum atomic E-state index is -0.198. The maximum absolute atomic E-state index is 12.9. The lowest BCUT2D eigenvalue weighted by atomic mass is 9.96. The van der Waals surface area contributed by atoms with E-state index in [4.69, 9.17) is 16.3 Å². The molecule has 1 aliphatic heterocycles. The van der Waals surface area contributed by atoms with Crippen LogP contribution in [0.5, 0.6) is 5.75 Å². The fourth-order valence-electron chi connectivity index (χ4n) is 4.23. The summed E-state index contributed by atoms with van der Waals surface area (Å²) in [4.78, 5) is 27.5. The molecular weight excluding hydrogens is 442 g/mol. The van der Waals surface area contributed by atoms with Crippen LogP contribution in [-0.4, -0.2) is 45.5 Å². The second-order valence-corrected chi connectivity index (χ2v) is 8.50. The topological polar surface area (TPSA) is 81.4 Å². The number of methoxy groups -OCH3 is 1. The third kappa shape index (κ3) is 5.06. The number of nitrogens with one attached hydrogen (secondary N) is 1. The molecule has 2 heterocycles. The van der Waals surface area contributed by atoms with Gasteiger partial charge < -0.3 is 15.0 Å². The Hall–Kier alpha value is -3.26. The number of amides is 2. The van der Waals surface area contributed by atoms with Gasteiger partial charge in [0.05, 0.1) is 19.3 Å². The Morgan fingerprint density at radius 3 is 2.58 bits per heavy atom. The number of hydrogen-bond acceptors (Lipinski definition) is 4. The van der Waals surface area contributed by atoms with Crippen LogP contribution in [0, 0.1) is 0 Å². The molecule has 1 aromatic heterocycles. The predicted octanol–water partition coefficient (Wildman–Crippen LogP) is 4.19. The van der Waals surface area contributed by atoms with Crippen molar-refractivity contribution in [3.63, 3.8) is 0 Å². The molecule has 8 nitrogen and oxygen atoms in total. The number of hydrogen-bond donors (Lipinski definition) is 1. The third-order valence-corrected chi connectivity index (χ3v) is 6.23. The Morgan fingerprint density at radius 1 is 1.18 bits per heavy atom. The first kappa shape index (κ1) is 22.9. The molecule has 0 aliphatic carbocycles. The molecule has 0 saturated carbocycles. The number of piperidine rings is 1. The van der Waals surface area contributed by atoms with E-state index in [2.05, 4.69) is 10.4 Å². The molecular formula is C24H28ClN5O3. The number of aromatic nitrogens is 3. The number of ether oxygens (including phenoxy) is 1. The highest BCUT2D eigenvalue weighted by molar-refractivity contribution is 6.31. The maximum Gasteiger partial charge on any atom is 0.346 e. The highest BCUT2D eigenvalue weighted by Crippen LogP contribution is 2.30.